The highest BCUT2D eigenvalue weighted by atomic mass is 19.1. The van der Waals surface area contributed by atoms with Crippen LogP contribution in [-0.4, -0.2) is 17.4 Å². The van der Waals surface area contributed by atoms with Crippen LogP contribution in [0.5, 0.6) is 0 Å². The molecule has 0 aliphatic heterocycles. The molecule has 0 aliphatic carbocycles. The number of nitrogens with zero attached hydrogens (tertiary/aromatic N) is 1. The summed E-state index contributed by atoms with van der Waals surface area (Å²) in [6.07, 6.45) is 1.56. The number of rotatable bonds is 2. The van der Waals surface area contributed by atoms with Crippen LogP contribution in [0.1, 0.15) is 21.6 Å². The first kappa shape index (κ1) is 14.7. The predicted octanol–water partition coefficient (Wildman–Crippen LogP) is 2.09. The Kier molecular flexibility index (Phi) is 4.64. The van der Waals surface area contributed by atoms with E-state index in [-0.39, 0.29) is 18.0 Å². The fraction of sp³-hybridized carbons (Fsp3) is 0.125. The molecule has 3 N–H and O–H groups in total. The number of nitrogens with one attached hydrogen (secondary N) is 1. The van der Waals surface area contributed by atoms with Crippen molar-refractivity contribution >= 4 is 11.6 Å². The van der Waals surface area contributed by atoms with Gasteiger partial charge in [-0.1, -0.05) is 11.8 Å². The van der Waals surface area contributed by atoms with Crippen molar-refractivity contribution in [2.75, 3.05) is 11.9 Å². The van der Waals surface area contributed by atoms with Crippen LogP contribution in [-0.2, 0) is 0 Å². The third kappa shape index (κ3) is 3.88. The molecule has 1 aromatic heterocycles. The molecule has 0 radical (unpaired) electrons. The second-order valence-electron chi connectivity index (χ2n) is 4.34. The van der Waals surface area contributed by atoms with Crippen LogP contribution in [0.15, 0.2) is 36.5 Å². The lowest BCUT2D eigenvalue weighted by molar-refractivity contribution is 0.102. The Morgan fingerprint density at radius 2 is 2.19 bits per heavy atom. The van der Waals surface area contributed by atoms with Crippen LogP contribution in [0.4, 0.5) is 10.1 Å². The molecular weight excluding hydrogens is 269 g/mol. The summed E-state index contributed by atoms with van der Waals surface area (Å²) in [7, 11) is 0. The number of hydrogen-bond donors (Lipinski definition) is 2. The molecule has 2 aromatic rings. The largest absolute Gasteiger partial charge is 0.322 e. The molecule has 4 nitrogen and oxygen atoms in total. The van der Waals surface area contributed by atoms with Gasteiger partial charge in [-0.2, -0.15) is 0 Å². The van der Waals surface area contributed by atoms with E-state index in [2.05, 4.69) is 22.1 Å². The highest BCUT2D eigenvalue weighted by molar-refractivity contribution is 6.04. The maximum Gasteiger partial charge on any atom is 0.255 e. The third-order valence-corrected chi connectivity index (χ3v) is 2.71. The maximum atomic E-state index is 13.5. The topological polar surface area (TPSA) is 68.0 Å². The standard InChI is InChI=1S/C16H14FN3O/c1-11-9-13(6-8-19-11)16(21)20-14-4-5-15(17)12(10-14)3-2-7-18/h4-6,8-10H,7,18H2,1H3,(H,20,21). The summed E-state index contributed by atoms with van der Waals surface area (Å²) in [5, 5.41) is 2.70. The van der Waals surface area contributed by atoms with Crippen molar-refractivity contribution in [3.05, 3.63) is 59.2 Å². The number of amides is 1. The minimum absolute atomic E-state index is 0.145. The first-order valence-electron chi connectivity index (χ1n) is 6.32. The van der Waals surface area contributed by atoms with Gasteiger partial charge in [0, 0.05) is 23.1 Å². The zero-order valence-electron chi connectivity index (χ0n) is 11.5. The Morgan fingerprint density at radius 1 is 1.38 bits per heavy atom. The summed E-state index contributed by atoms with van der Waals surface area (Å²) in [5.41, 5.74) is 7.17. The van der Waals surface area contributed by atoms with E-state index < -0.39 is 5.82 Å². The predicted molar refractivity (Wildman–Crippen MR) is 79.3 cm³/mol. The Balaban J connectivity index is 2.21. The number of aryl methyl sites for hydroxylation is 1. The molecule has 1 heterocycles. The molecule has 0 unspecified atom stereocenters. The van der Waals surface area contributed by atoms with E-state index in [9.17, 15) is 9.18 Å². The molecule has 0 saturated carbocycles. The van der Waals surface area contributed by atoms with Crippen molar-refractivity contribution in [3.63, 3.8) is 0 Å². The monoisotopic (exact) mass is 283 g/mol. The lowest BCUT2D eigenvalue weighted by Crippen LogP contribution is -2.12. The first-order chi connectivity index (χ1) is 10.1. The van der Waals surface area contributed by atoms with Gasteiger partial charge in [0.2, 0.25) is 0 Å². The minimum atomic E-state index is -0.450. The second-order valence-corrected chi connectivity index (χ2v) is 4.34. The van der Waals surface area contributed by atoms with Crippen LogP contribution >= 0.6 is 0 Å². The first-order valence-corrected chi connectivity index (χ1v) is 6.32. The fourth-order valence-corrected chi connectivity index (χ4v) is 1.74. The van der Waals surface area contributed by atoms with Crippen LogP contribution in [0.3, 0.4) is 0 Å². The molecule has 0 fully saturated rings. The number of hydrogen-bond acceptors (Lipinski definition) is 3. The van der Waals surface area contributed by atoms with Gasteiger partial charge in [0.15, 0.2) is 0 Å². The van der Waals surface area contributed by atoms with E-state index in [4.69, 9.17) is 5.73 Å². The lowest BCUT2D eigenvalue weighted by atomic mass is 10.1. The van der Waals surface area contributed by atoms with Crippen LogP contribution in [0.25, 0.3) is 0 Å². The van der Waals surface area contributed by atoms with Crippen molar-refractivity contribution < 1.29 is 9.18 Å². The summed E-state index contributed by atoms with van der Waals surface area (Å²) < 4.78 is 13.5. The molecule has 5 heteroatoms. The van der Waals surface area contributed by atoms with Gasteiger partial charge in [-0.3, -0.25) is 9.78 Å². The van der Waals surface area contributed by atoms with Crippen LogP contribution in [0, 0.1) is 24.6 Å². The van der Waals surface area contributed by atoms with Gasteiger partial charge in [-0.05, 0) is 37.3 Å². The number of carbonyl (C=O) groups is 1. The van der Waals surface area contributed by atoms with Gasteiger partial charge in [-0.15, -0.1) is 0 Å². The SMILES string of the molecule is Cc1cc(C(=O)Nc2ccc(F)c(C#CCN)c2)ccn1. The molecule has 106 valence electrons. The molecule has 2 rings (SSSR count). The lowest BCUT2D eigenvalue weighted by Gasteiger charge is -2.06. The van der Waals surface area contributed by atoms with E-state index in [0.29, 0.717) is 11.3 Å². The van der Waals surface area contributed by atoms with E-state index in [0.717, 1.165) is 5.69 Å². The van der Waals surface area contributed by atoms with E-state index in [1.165, 1.54) is 18.2 Å². The number of carbonyl (C=O) groups excluding carboxylic acids is 1. The minimum Gasteiger partial charge on any atom is -0.322 e. The van der Waals surface area contributed by atoms with Crippen molar-refractivity contribution in [2.24, 2.45) is 5.73 Å². The number of benzene rings is 1. The molecule has 21 heavy (non-hydrogen) atoms. The normalized spacial score (nSPS) is 9.67. The van der Waals surface area contributed by atoms with E-state index in [1.54, 1.807) is 25.3 Å². The summed E-state index contributed by atoms with van der Waals surface area (Å²) in [6.45, 7) is 1.95. The van der Waals surface area contributed by atoms with E-state index >= 15 is 0 Å². The van der Waals surface area contributed by atoms with Gasteiger partial charge < -0.3 is 11.1 Å². The number of halogens is 1. The van der Waals surface area contributed by atoms with Gasteiger partial charge in [0.05, 0.1) is 12.1 Å². The van der Waals surface area contributed by atoms with Crippen molar-refractivity contribution in [1.82, 2.24) is 4.98 Å². The van der Waals surface area contributed by atoms with Crippen molar-refractivity contribution in [2.45, 2.75) is 6.92 Å². The van der Waals surface area contributed by atoms with E-state index in [1.807, 2.05) is 0 Å². The average Bonchev–Trinajstić information content (AvgIpc) is 2.47. The summed E-state index contributed by atoms with van der Waals surface area (Å²) in [5.74, 6) is 4.47. The summed E-state index contributed by atoms with van der Waals surface area (Å²) in [6, 6.07) is 7.50. The Hall–Kier alpha value is -2.71. The maximum absolute atomic E-state index is 13.5. The van der Waals surface area contributed by atoms with Crippen LogP contribution in [0.2, 0.25) is 0 Å². The zero-order valence-corrected chi connectivity index (χ0v) is 11.5. The summed E-state index contributed by atoms with van der Waals surface area (Å²) in [4.78, 5) is 16.1. The quantitative estimate of drug-likeness (QED) is 0.829. The van der Waals surface area contributed by atoms with Gasteiger partial charge >= 0.3 is 0 Å². The third-order valence-electron chi connectivity index (χ3n) is 2.71. The van der Waals surface area contributed by atoms with Crippen molar-refractivity contribution in [1.29, 1.82) is 0 Å². The molecule has 1 aromatic carbocycles. The fourth-order valence-electron chi connectivity index (χ4n) is 1.74. The molecule has 0 spiro atoms. The number of aromatic nitrogens is 1. The second kappa shape index (κ2) is 6.64. The number of pyridine rings is 1. The summed E-state index contributed by atoms with van der Waals surface area (Å²) >= 11 is 0. The van der Waals surface area contributed by atoms with Crippen molar-refractivity contribution in [3.8, 4) is 11.8 Å². The highest BCUT2D eigenvalue weighted by Crippen LogP contribution is 2.15. The molecular formula is C16H14FN3O. The Labute approximate surface area is 122 Å². The number of nitrogens with two attached hydrogens (primary N) is 1. The smallest absolute Gasteiger partial charge is 0.255 e. The van der Waals surface area contributed by atoms with Gasteiger partial charge in [-0.25, -0.2) is 4.39 Å². The Bertz CT molecular complexity index is 732. The highest BCUT2D eigenvalue weighted by Gasteiger charge is 2.08. The Morgan fingerprint density at radius 3 is 2.90 bits per heavy atom. The molecule has 0 aliphatic rings. The average molecular weight is 283 g/mol. The zero-order chi connectivity index (χ0) is 15.2. The van der Waals surface area contributed by atoms with Gasteiger partial charge in [0.25, 0.3) is 5.91 Å². The van der Waals surface area contributed by atoms with Crippen LogP contribution < -0.4 is 11.1 Å². The molecule has 1 amide bonds. The molecule has 0 bridgehead atoms. The molecule has 0 atom stereocenters. The van der Waals surface area contributed by atoms with Gasteiger partial charge in [0.1, 0.15) is 5.82 Å². The number of anilines is 1. The molecule has 0 saturated heterocycles.